The molecule has 1 aliphatic heterocycles. The zero-order valence-corrected chi connectivity index (χ0v) is 11.6. The van der Waals surface area contributed by atoms with Gasteiger partial charge in [0.25, 0.3) is 0 Å². The van der Waals surface area contributed by atoms with Gasteiger partial charge in [-0.05, 0) is 13.3 Å². The van der Waals surface area contributed by atoms with Crippen LogP contribution in [0.3, 0.4) is 0 Å². The van der Waals surface area contributed by atoms with Gasteiger partial charge in [0.2, 0.25) is 5.95 Å². The molecule has 20 heavy (non-hydrogen) atoms. The highest BCUT2D eigenvalue weighted by atomic mass is 35.5. The van der Waals surface area contributed by atoms with E-state index in [2.05, 4.69) is 15.0 Å². The van der Waals surface area contributed by atoms with Crippen molar-refractivity contribution in [1.82, 2.24) is 19.5 Å². The zero-order chi connectivity index (χ0) is 14.5. The molecule has 3 heterocycles. The highest BCUT2D eigenvalue weighted by Crippen LogP contribution is 2.43. The first-order valence-corrected chi connectivity index (χ1v) is 6.51. The standard InChI is InChI=1S/C11H15ClN6O2/c1-11(12)2-5(3-19)20-9(11)18-4-15-6-7(13)16-10(14)17-8(6)18/h4-5,9,19H,2-3H2,1H3,(H4,13,14,16,17). The van der Waals surface area contributed by atoms with E-state index >= 15 is 0 Å². The second kappa shape index (κ2) is 4.44. The molecule has 0 radical (unpaired) electrons. The highest BCUT2D eigenvalue weighted by molar-refractivity contribution is 6.24. The van der Waals surface area contributed by atoms with Crippen molar-refractivity contribution in [3.8, 4) is 0 Å². The van der Waals surface area contributed by atoms with Gasteiger partial charge in [0.05, 0.1) is 23.9 Å². The normalized spacial score (nSPS) is 30.1. The first kappa shape index (κ1) is 13.3. The molecule has 0 spiro atoms. The number of aliphatic hydroxyl groups is 1. The maximum atomic E-state index is 9.24. The summed E-state index contributed by atoms with van der Waals surface area (Å²) in [5.41, 5.74) is 12.3. The maximum Gasteiger partial charge on any atom is 0.224 e. The smallest absolute Gasteiger partial charge is 0.224 e. The molecule has 9 heteroatoms. The summed E-state index contributed by atoms with van der Waals surface area (Å²) in [6.07, 6.45) is 1.22. The van der Waals surface area contributed by atoms with Gasteiger partial charge in [0.1, 0.15) is 5.52 Å². The summed E-state index contributed by atoms with van der Waals surface area (Å²) in [5.74, 6) is 0.268. The second-order valence-corrected chi connectivity index (χ2v) is 5.93. The maximum absolute atomic E-state index is 9.24. The van der Waals surface area contributed by atoms with Gasteiger partial charge in [0, 0.05) is 0 Å². The Morgan fingerprint density at radius 1 is 1.55 bits per heavy atom. The molecule has 0 aromatic carbocycles. The minimum Gasteiger partial charge on any atom is -0.394 e. The van der Waals surface area contributed by atoms with Crippen molar-refractivity contribution in [2.45, 2.75) is 30.6 Å². The third-order valence-corrected chi connectivity index (χ3v) is 3.73. The molecule has 1 saturated heterocycles. The number of imidazole rings is 1. The van der Waals surface area contributed by atoms with E-state index in [-0.39, 0.29) is 24.5 Å². The lowest BCUT2D eigenvalue weighted by Gasteiger charge is -2.24. The van der Waals surface area contributed by atoms with Crippen molar-refractivity contribution in [3.63, 3.8) is 0 Å². The number of nitrogens with two attached hydrogens (primary N) is 2. The Labute approximate surface area is 119 Å². The number of halogens is 1. The Morgan fingerprint density at radius 2 is 2.30 bits per heavy atom. The molecule has 2 aromatic heterocycles. The van der Waals surface area contributed by atoms with Crippen LogP contribution in [0.5, 0.6) is 0 Å². The van der Waals surface area contributed by atoms with Crippen LogP contribution in [0.4, 0.5) is 11.8 Å². The number of aromatic nitrogens is 4. The highest BCUT2D eigenvalue weighted by Gasteiger charge is 2.45. The minimum atomic E-state index is -0.685. The summed E-state index contributed by atoms with van der Waals surface area (Å²) in [4.78, 5) is 11.5. The predicted molar refractivity (Wildman–Crippen MR) is 74.0 cm³/mol. The largest absolute Gasteiger partial charge is 0.394 e. The third-order valence-electron chi connectivity index (χ3n) is 3.39. The lowest BCUT2D eigenvalue weighted by atomic mass is 10.1. The van der Waals surface area contributed by atoms with E-state index in [4.69, 9.17) is 27.8 Å². The van der Waals surface area contributed by atoms with E-state index in [9.17, 15) is 5.11 Å². The Balaban J connectivity index is 2.11. The number of alkyl halides is 1. The number of nitrogen functional groups attached to an aromatic ring is 2. The molecule has 2 aromatic rings. The van der Waals surface area contributed by atoms with E-state index in [0.29, 0.717) is 17.6 Å². The molecule has 0 amide bonds. The van der Waals surface area contributed by atoms with E-state index < -0.39 is 11.1 Å². The number of ether oxygens (including phenoxy) is 1. The number of hydrogen-bond donors (Lipinski definition) is 3. The van der Waals surface area contributed by atoms with E-state index in [1.54, 1.807) is 10.9 Å². The molecule has 108 valence electrons. The van der Waals surface area contributed by atoms with Crippen LogP contribution >= 0.6 is 11.6 Å². The quantitative estimate of drug-likeness (QED) is 0.679. The molecule has 3 atom stereocenters. The average Bonchev–Trinajstić information content (AvgIpc) is 2.89. The lowest BCUT2D eigenvalue weighted by Crippen LogP contribution is -2.26. The van der Waals surface area contributed by atoms with Crippen LogP contribution in [-0.4, -0.2) is 42.2 Å². The van der Waals surface area contributed by atoms with E-state index in [0.717, 1.165) is 0 Å². The summed E-state index contributed by atoms with van der Waals surface area (Å²) in [6, 6.07) is 0. The summed E-state index contributed by atoms with van der Waals surface area (Å²) < 4.78 is 7.43. The van der Waals surface area contributed by atoms with Gasteiger partial charge in [-0.15, -0.1) is 11.6 Å². The Bertz CT molecular complexity index is 658. The van der Waals surface area contributed by atoms with Crippen molar-refractivity contribution >= 4 is 34.5 Å². The van der Waals surface area contributed by atoms with Crippen LogP contribution in [0, 0.1) is 0 Å². The predicted octanol–water partition coefficient (Wildman–Crippen LogP) is 0.268. The fraction of sp³-hybridized carbons (Fsp3) is 0.545. The van der Waals surface area contributed by atoms with Crippen LogP contribution in [0.2, 0.25) is 0 Å². The van der Waals surface area contributed by atoms with Crippen molar-refractivity contribution in [3.05, 3.63) is 6.33 Å². The molecule has 0 bridgehead atoms. The number of nitrogens with zero attached hydrogens (tertiary/aromatic N) is 4. The summed E-state index contributed by atoms with van der Waals surface area (Å²) in [7, 11) is 0. The Kier molecular flexibility index (Phi) is 2.96. The van der Waals surface area contributed by atoms with Crippen LogP contribution in [-0.2, 0) is 4.74 Å². The van der Waals surface area contributed by atoms with Crippen molar-refractivity contribution in [1.29, 1.82) is 0 Å². The van der Waals surface area contributed by atoms with Crippen molar-refractivity contribution in [2.75, 3.05) is 18.1 Å². The topological polar surface area (TPSA) is 125 Å². The lowest BCUT2D eigenvalue weighted by molar-refractivity contribution is -0.0264. The van der Waals surface area contributed by atoms with Crippen LogP contribution in [0.1, 0.15) is 19.6 Å². The molecular formula is C11H15ClN6O2. The van der Waals surface area contributed by atoms with Gasteiger partial charge >= 0.3 is 0 Å². The number of aliphatic hydroxyl groups excluding tert-OH is 1. The molecule has 1 fully saturated rings. The number of anilines is 2. The molecule has 3 unspecified atom stereocenters. The Morgan fingerprint density at radius 3 is 2.95 bits per heavy atom. The van der Waals surface area contributed by atoms with Crippen molar-refractivity contribution in [2.24, 2.45) is 0 Å². The molecular weight excluding hydrogens is 284 g/mol. The second-order valence-electron chi connectivity index (χ2n) is 5.07. The van der Waals surface area contributed by atoms with Gasteiger partial charge in [0.15, 0.2) is 17.7 Å². The first-order valence-electron chi connectivity index (χ1n) is 6.13. The van der Waals surface area contributed by atoms with Crippen LogP contribution in [0.15, 0.2) is 6.33 Å². The van der Waals surface area contributed by atoms with Gasteiger partial charge in [-0.25, -0.2) is 4.98 Å². The number of hydrogen-bond acceptors (Lipinski definition) is 7. The molecule has 5 N–H and O–H groups in total. The third kappa shape index (κ3) is 1.96. The van der Waals surface area contributed by atoms with Gasteiger partial charge < -0.3 is 21.3 Å². The Hall–Kier alpha value is -1.64. The molecule has 8 nitrogen and oxygen atoms in total. The number of rotatable bonds is 2. The van der Waals surface area contributed by atoms with Gasteiger partial charge in [-0.1, -0.05) is 0 Å². The summed E-state index contributed by atoms with van der Waals surface area (Å²) >= 11 is 6.49. The SMILES string of the molecule is CC1(Cl)CC(CO)OC1n1cnc2c(N)nc(N)nc21. The van der Waals surface area contributed by atoms with Crippen molar-refractivity contribution < 1.29 is 9.84 Å². The number of fused-ring (bicyclic) bond motifs is 1. The monoisotopic (exact) mass is 298 g/mol. The van der Waals surface area contributed by atoms with Crippen LogP contribution < -0.4 is 11.5 Å². The molecule has 0 saturated carbocycles. The van der Waals surface area contributed by atoms with E-state index in [1.165, 1.54) is 0 Å². The molecule has 3 rings (SSSR count). The summed E-state index contributed by atoms with van der Waals surface area (Å²) in [6.45, 7) is 1.75. The molecule has 1 aliphatic rings. The van der Waals surface area contributed by atoms with Gasteiger partial charge in [-0.3, -0.25) is 4.57 Å². The fourth-order valence-electron chi connectivity index (χ4n) is 2.51. The fourth-order valence-corrected chi connectivity index (χ4v) is 2.84. The minimum absolute atomic E-state index is 0.0599. The summed E-state index contributed by atoms with van der Waals surface area (Å²) in [5, 5.41) is 9.24. The van der Waals surface area contributed by atoms with Gasteiger partial charge in [-0.2, -0.15) is 9.97 Å². The average molecular weight is 299 g/mol. The molecule has 0 aliphatic carbocycles. The zero-order valence-electron chi connectivity index (χ0n) is 10.8. The first-order chi connectivity index (χ1) is 9.42. The van der Waals surface area contributed by atoms with Crippen LogP contribution in [0.25, 0.3) is 11.2 Å². The van der Waals surface area contributed by atoms with E-state index in [1.807, 2.05) is 6.92 Å².